The second-order valence-corrected chi connectivity index (χ2v) is 7.27. The predicted molar refractivity (Wildman–Crippen MR) is 93.1 cm³/mol. The Morgan fingerprint density at radius 3 is 2.09 bits per heavy atom. The highest BCUT2D eigenvalue weighted by Gasteiger charge is 2.34. The second-order valence-electron chi connectivity index (χ2n) is 4.47. The molecular formula is C15H12Cl4N2O. The van der Waals surface area contributed by atoms with E-state index in [0.29, 0.717) is 10.6 Å². The van der Waals surface area contributed by atoms with Crippen LogP contribution in [0.15, 0.2) is 54.6 Å². The second kappa shape index (κ2) is 7.42. The highest BCUT2D eigenvalue weighted by Crippen LogP contribution is 2.31. The van der Waals surface area contributed by atoms with Crippen molar-refractivity contribution in [3.8, 4) is 0 Å². The summed E-state index contributed by atoms with van der Waals surface area (Å²) in [5.74, 6) is -0.378. The number of hydrogen-bond donors (Lipinski definition) is 2. The lowest BCUT2D eigenvalue weighted by molar-refractivity contribution is 0.0942. The summed E-state index contributed by atoms with van der Waals surface area (Å²) in [6.07, 6.45) is -0.900. The van der Waals surface area contributed by atoms with Gasteiger partial charge in [0.05, 0.1) is 0 Å². The largest absolute Gasteiger partial charge is 0.362 e. The number of alkyl halides is 3. The van der Waals surface area contributed by atoms with Crippen molar-refractivity contribution in [3.05, 3.63) is 65.2 Å². The molecule has 0 aliphatic rings. The third kappa shape index (κ3) is 4.96. The van der Waals surface area contributed by atoms with Gasteiger partial charge in [0.15, 0.2) is 0 Å². The maximum absolute atomic E-state index is 12.2. The first-order valence-electron chi connectivity index (χ1n) is 6.31. The van der Waals surface area contributed by atoms with Crippen LogP contribution in [0.2, 0.25) is 5.02 Å². The highest BCUT2D eigenvalue weighted by molar-refractivity contribution is 6.68. The van der Waals surface area contributed by atoms with E-state index in [1.165, 1.54) is 0 Å². The van der Waals surface area contributed by atoms with Gasteiger partial charge in [-0.15, -0.1) is 0 Å². The van der Waals surface area contributed by atoms with Gasteiger partial charge in [0.1, 0.15) is 6.17 Å². The molecule has 1 amide bonds. The fourth-order valence-corrected chi connectivity index (χ4v) is 2.17. The lowest BCUT2D eigenvalue weighted by Crippen LogP contribution is -2.49. The van der Waals surface area contributed by atoms with Crippen molar-refractivity contribution < 1.29 is 4.79 Å². The number of para-hydroxylation sites is 1. The van der Waals surface area contributed by atoms with Crippen molar-refractivity contribution in [2.24, 2.45) is 0 Å². The van der Waals surface area contributed by atoms with Crippen molar-refractivity contribution >= 4 is 58.0 Å². The van der Waals surface area contributed by atoms with Crippen LogP contribution in [0.4, 0.5) is 5.69 Å². The van der Waals surface area contributed by atoms with E-state index in [2.05, 4.69) is 10.6 Å². The summed E-state index contributed by atoms with van der Waals surface area (Å²) in [7, 11) is 0. The zero-order valence-corrected chi connectivity index (χ0v) is 14.2. The Bertz CT molecular complexity index is 626. The Kier molecular flexibility index (Phi) is 5.81. The van der Waals surface area contributed by atoms with Gasteiger partial charge in [0.25, 0.3) is 5.91 Å². The molecule has 0 radical (unpaired) electrons. The summed E-state index contributed by atoms with van der Waals surface area (Å²) >= 11 is 23.6. The van der Waals surface area contributed by atoms with Gasteiger partial charge in [-0.05, 0) is 36.4 Å². The number of anilines is 1. The molecule has 2 N–H and O–H groups in total. The van der Waals surface area contributed by atoms with Crippen LogP contribution < -0.4 is 10.6 Å². The lowest BCUT2D eigenvalue weighted by atomic mass is 10.2. The van der Waals surface area contributed by atoms with Gasteiger partial charge in [-0.2, -0.15) is 0 Å². The molecule has 7 heteroatoms. The van der Waals surface area contributed by atoms with Crippen molar-refractivity contribution in [2.45, 2.75) is 9.96 Å². The van der Waals surface area contributed by atoms with Crippen molar-refractivity contribution in [1.29, 1.82) is 0 Å². The number of carbonyl (C=O) groups is 1. The number of nitrogens with one attached hydrogen (secondary N) is 2. The molecule has 0 bridgehead atoms. The first-order valence-corrected chi connectivity index (χ1v) is 7.82. The van der Waals surface area contributed by atoms with E-state index in [9.17, 15) is 4.79 Å². The molecule has 22 heavy (non-hydrogen) atoms. The Morgan fingerprint density at radius 1 is 0.955 bits per heavy atom. The minimum absolute atomic E-state index is 0.378. The minimum Gasteiger partial charge on any atom is -0.362 e. The summed E-state index contributed by atoms with van der Waals surface area (Å²) in [4.78, 5) is 12.2. The van der Waals surface area contributed by atoms with Crippen LogP contribution in [-0.4, -0.2) is 15.9 Å². The van der Waals surface area contributed by atoms with E-state index in [1.807, 2.05) is 18.2 Å². The number of carbonyl (C=O) groups excluding carboxylic acids is 1. The average Bonchev–Trinajstić information content (AvgIpc) is 2.47. The van der Waals surface area contributed by atoms with Crippen molar-refractivity contribution in [3.63, 3.8) is 0 Å². The van der Waals surface area contributed by atoms with E-state index in [4.69, 9.17) is 46.4 Å². The highest BCUT2D eigenvalue weighted by atomic mass is 35.6. The van der Waals surface area contributed by atoms with Crippen LogP contribution in [0.25, 0.3) is 0 Å². The zero-order chi connectivity index (χ0) is 16.2. The number of hydrogen-bond acceptors (Lipinski definition) is 2. The number of benzene rings is 2. The quantitative estimate of drug-likeness (QED) is 0.588. The van der Waals surface area contributed by atoms with Crippen LogP contribution in [0.5, 0.6) is 0 Å². The first kappa shape index (κ1) is 17.2. The van der Waals surface area contributed by atoms with Gasteiger partial charge in [-0.3, -0.25) is 4.79 Å². The van der Waals surface area contributed by atoms with Crippen molar-refractivity contribution in [1.82, 2.24) is 5.32 Å². The molecule has 2 aromatic rings. The van der Waals surface area contributed by atoms with E-state index in [-0.39, 0.29) is 5.91 Å². The van der Waals surface area contributed by atoms with Crippen LogP contribution in [0, 0.1) is 0 Å². The summed E-state index contributed by atoms with van der Waals surface area (Å²) in [5.41, 5.74) is 1.13. The van der Waals surface area contributed by atoms with Crippen LogP contribution in [0.3, 0.4) is 0 Å². The fourth-order valence-electron chi connectivity index (χ4n) is 1.72. The minimum atomic E-state index is -1.72. The smallest absolute Gasteiger partial charge is 0.252 e. The van der Waals surface area contributed by atoms with Crippen molar-refractivity contribution in [2.75, 3.05) is 5.32 Å². The fraction of sp³-hybridized carbons (Fsp3) is 0.133. The zero-order valence-electron chi connectivity index (χ0n) is 11.2. The molecule has 0 heterocycles. The topological polar surface area (TPSA) is 41.1 Å². The van der Waals surface area contributed by atoms with Gasteiger partial charge < -0.3 is 10.6 Å². The number of halogens is 4. The van der Waals surface area contributed by atoms with E-state index in [1.54, 1.807) is 36.4 Å². The number of amides is 1. The Balaban J connectivity index is 2.13. The molecule has 1 atom stereocenters. The molecule has 0 saturated carbocycles. The molecule has 0 fully saturated rings. The lowest BCUT2D eigenvalue weighted by Gasteiger charge is -2.27. The van der Waals surface area contributed by atoms with Gasteiger partial charge in [-0.1, -0.05) is 64.6 Å². The first-order chi connectivity index (χ1) is 10.4. The maximum atomic E-state index is 12.2. The normalized spacial score (nSPS) is 12.5. The third-order valence-electron chi connectivity index (χ3n) is 2.79. The summed E-state index contributed by atoms with van der Waals surface area (Å²) < 4.78 is -1.72. The maximum Gasteiger partial charge on any atom is 0.252 e. The molecule has 3 nitrogen and oxygen atoms in total. The van der Waals surface area contributed by atoms with E-state index in [0.717, 1.165) is 5.69 Å². The van der Waals surface area contributed by atoms with Gasteiger partial charge in [0, 0.05) is 16.3 Å². The molecular weight excluding hydrogens is 366 g/mol. The van der Waals surface area contributed by atoms with Crippen LogP contribution in [-0.2, 0) is 0 Å². The molecule has 116 valence electrons. The van der Waals surface area contributed by atoms with Gasteiger partial charge in [-0.25, -0.2) is 0 Å². The molecule has 1 unspecified atom stereocenters. The van der Waals surface area contributed by atoms with E-state index >= 15 is 0 Å². The predicted octanol–water partition coefficient (Wildman–Crippen LogP) is 4.88. The molecule has 0 saturated heterocycles. The van der Waals surface area contributed by atoms with Crippen LogP contribution in [0.1, 0.15) is 10.4 Å². The Labute approximate surface area is 148 Å². The molecule has 2 aromatic carbocycles. The Hall–Kier alpha value is -1.13. The molecule has 0 aliphatic carbocycles. The van der Waals surface area contributed by atoms with E-state index < -0.39 is 9.96 Å². The Morgan fingerprint density at radius 2 is 1.55 bits per heavy atom. The standard InChI is InChI=1S/C15H12Cl4N2O/c16-11-8-6-10(7-9-11)13(22)21-14(15(17,18)19)20-12-4-2-1-3-5-12/h1-9,14,20H,(H,21,22). The van der Waals surface area contributed by atoms with Crippen LogP contribution >= 0.6 is 46.4 Å². The summed E-state index contributed by atoms with van der Waals surface area (Å²) in [5, 5.41) is 6.17. The summed E-state index contributed by atoms with van der Waals surface area (Å²) in [6.45, 7) is 0. The molecule has 2 rings (SSSR count). The monoisotopic (exact) mass is 376 g/mol. The molecule has 0 aliphatic heterocycles. The van der Waals surface area contributed by atoms with Gasteiger partial charge in [0.2, 0.25) is 3.79 Å². The summed E-state index contributed by atoms with van der Waals surface area (Å²) in [6, 6.07) is 15.6. The molecule has 0 spiro atoms. The average molecular weight is 378 g/mol. The molecule has 0 aromatic heterocycles. The third-order valence-corrected chi connectivity index (χ3v) is 3.70. The van der Waals surface area contributed by atoms with Gasteiger partial charge >= 0.3 is 0 Å². The SMILES string of the molecule is O=C(NC(Nc1ccccc1)C(Cl)(Cl)Cl)c1ccc(Cl)cc1. The number of rotatable bonds is 4.